The minimum absolute atomic E-state index is 0.0491. The van der Waals surface area contributed by atoms with Crippen LogP contribution in [0.4, 0.5) is 5.69 Å². The molecule has 1 amide bonds. The van der Waals surface area contributed by atoms with Gasteiger partial charge in [-0.3, -0.25) is 9.59 Å². The number of nitrogens with zero attached hydrogens (tertiary/aromatic N) is 1. The summed E-state index contributed by atoms with van der Waals surface area (Å²) in [5, 5.41) is 13.4. The van der Waals surface area contributed by atoms with Gasteiger partial charge in [-0.1, -0.05) is 54.6 Å². The second-order valence-electron chi connectivity index (χ2n) is 10.2. The Morgan fingerprint density at radius 1 is 1.00 bits per heavy atom. The maximum atomic E-state index is 13.5. The number of aryl methyl sites for hydroxylation is 2. The number of carboxylic acids is 1. The third-order valence-electron chi connectivity index (χ3n) is 7.50. The molecule has 196 valence electrons. The normalized spacial score (nSPS) is 14.4. The molecule has 0 bridgehead atoms. The second-order valence-corrected chi connectivity index (χ2v) is 10.2. The Labute approximate surface area is 223 Å². The molecular weight excluding hydrogens is 474 g/mol. The number of piperidine rings is 1. The highest BCUT2D eigenvalue weighted by atomic mass is 16.4. The summed E-state index contributed by atoms with van der Waals surface area (Å²) in [6.07, 6.45) is 6.27. The van der Waals surface area contributed by atoms with Crippen LogP contribution in [0.3, 0.4) is 0 Å². The van der Waals surface area contributed by atoms with Crippen LogP contribution in [0.5, 0.6) is 0 Å². The van der Waals surface area contributed by atoms with Crippen molar-refractivity contribution in [2.45, 2.75) is 51.5 Å². The van der Waals surface area contributed by atoms with E-state index in [4.69, 9.17) is 5.11 Å². The largest absolute Gasteiger partial charge is 0.481 e. The zero-order chi connectivity index (χ0) is 26.5. The number of fused-ring (bicyclic) bond motifs is 1. The summed E-state index contributed by atoms with van der Waals surface area (Å²) in [7, 11) is 0. The lowest BCUT2D eigenvalue weighted by atomic mass is 9.93. The van der Waals surface area contributed by atoms with Crippen molar-refractivity contribution in [3.05, 3.63) is 101 Å². The third-order valence-corrected chi connectivity index (χ3v) is 7.50. The molecule has 2 heterocycles. The van der Waals surface area contributed by atoms with Crippen LogP contribution in [-0.2, 0) is 22.4 Å². The van der Waals surface area contributed by atoms with Crippen molar-refractivity contribution in [1.29, 1.82) is 0 Å². The molecular formula is C32H35N3O3. The summed E-state index contributed by atoms with van der Waals surface area (Å²) in [6, 6.07) is 22.2. The first kappa shape index (κ1) is 25.6. The number of H-pyrrole nitrogens is 1. The van der Waals surface area contributed by atoms with Crippen LogP contribution in [0.25, 0.3) is 10.9 Å². The number of aromatic nitrogens is 1. The Balaban J connectivity index is 1.42. The third kappa shape index (κ3) is 5.75. The molecule has 1 atom stereocenters. The molecule has 1 fully saturated rings. The Bertz CT molecular complexity index is 1420. The zero-order valence-electron chi connectivity index (χ0n) is 21.9. The van der Waals surface area contributed by atoms with Gasteiger partial charge in [0.15, 0.2) is 0 Å². The Kier molecular flexibility index (Phi) is 7.78. The average molecular weight is 510 g/mol. The quantitative estimate of drug-likeness (QED) is 0.261. The average Bonchev–Trinajstić information content (AvgIpc) is 3.33. The molecule has 4 aromatic rings. The molecule has 0 aliphatic carbocycles. The molecule has 38 heavy (non-hydrogen) atoms. The van der Waals surface area contributed by atoms with Gasteiger partial charge in [0, 0.05) is 47.9 Å². The highest BCUT2D eigenvalue weighted by molar-refractivity contribution is 5.87. The van der Waals surface area contributed by atoms with E-state index in [-0.39, 0.29) is 24.8 Å². The van der Waals surface area contributed by atoms with Crippen LogP contribution in [-0.4, -0.2) is 35.1 Å². The molecule has 1 aromatic heterocycles. The zero-order valence-corrected chi connectivity index (χ0v) is 21.9. The van der Waals surface area contributed by atoms with Gasteiger partial charge in [-0.25, -0.2) is 0 Å². The molecule has 6 heteroatoms. The number of para-hydroxylation sites is 1. The lowest BCUT2D eigenvalue weighted by Gasteiger charge is -2.34. The van der Waals surface area contributed by atoms with Crippen molar-refractivity contribution in [1.82, 2.24) is 10.3 Å². The summed E-state index contributed by atoms with van der Waals surface area (Å²) >= 11 is 0. The van der Waals surface area contributed by atoms with Crippen LogP contribution < -0.4 is 10.2 Å². The fraction of sp³-hybridized carbons (Fsp3) is 0.312. The van der Waals surface area contributed by atoms with Gasteiger partial charge < -0.3 is 20.3 Å². The molecule has 1 aliphatic heterocycles. The van der Waals surface area contributed by atoms with E-state index in [1.807, 2.05) is 42.6 Å². The van der Waals surface area contributed by atoms with E-state index in [1.54, 1.807) is 0 Å². The first-order chi connectivity index (χ1) is 18.5. The number of anilines is 1. The van der Waals surface area contributed by atoms with Crippen molar-refractivity contribution in [2.75, 3.05) is 18.0 Å². The summed E-state index contributed by atoms with van der Waals surface area (Å²) in [5.74, 6) is -0.867. The number of aromatic amines is 1. The van der Waals surface area contributed by atoms with Crippen LogP contribution in [0, 0.1) is 6.92 Å². The van der Waals surface area contributed by atoms with Crippen molar-refractivity contribution in [3.8, 4) is 0 Å². The predicted molar refractivity (Wildman–Crippen MR) is 152 cm³/mol. The molecule has 3 aromatic carbocycles. The van der Waals surface area contributed by atoms with Crippen LogP contribution >= 0.6 is 0 Å². The summed E-state index contributed by atoms with van der Waals surface area (Å²) in [4.78, 5) is 30.3. The van der Waals surface area contributed by atoms with Crippen molar-refractivity contribution in [2.24, 2.45) is 0 Å². The maximum Gasteiger partial charge on any atom is 0.303 e. The van der Waals surface area contributed by atoms with Crippen molar-refractivity contribution >= 4 is 28.5 Å². The first-order valence-electron chi connectivity index (χ1n) is 13.5. The summed E-state index contributed by atoms with van der Waals surface area (Å²) in [6.45, 7) is 4.23. The molecule has 0 spiro atoms. The Morgan fingerprint density at radius 3 is 2.55 bits per heavy atom. The Hall–Kier alpha value is -4.06. The van der Waals surface area contributed by atoms with Gasteiger partial charge in [-0.05, 0) is 67.0 Å². The van der Waals surface area contributed by atoms with Gasteiger partial charge in [-0.2, -0.15) is 0 Å². The van der Waals surface area contributed by atoms with E-state index in [0.717, 1.165) is 46.2 Å². The van der Waals surface area contributed by atoms with Gasteiger partial charge in [-0.15, -0.1) is 0 Å². The fourth-order valence-corrected chi connectivity index (χ4v) is 5.63. The van der Waals surface area contributed by atoms with E-state index in [9.17, 15) is 9.59 Å². The van der Waals surface area contributed by atoms with Gasteiger partial charge in [0.2, 0.25) is 5.91 Å². The number of rotatable bonds is 9. The standard InChI is InChI=1S/C32H35N3O3/c1-22-9-8-12-26(32(22)35-17-6-3-7-18-35)31(24-10-4-2-5-11-24)34-29(36)20-23-13-15-28-27(19-23)25(21-33-28)14-16-30(37)38/h2,4-5,8-13,15,19,21,31,33H,3,6-7,14,16-18,20H2,1H3,(H,34,36)(H,37,38). The van der Waals surface area contributed by atoms with Gasteiger partial charge in [0.25, 0.3) is 0 Å². The topological polar surface area (TPSA) is 85.4 Å². The van der Waals surface area contributed by atoms with Crippen LogP contribution in [0.15, 0.2) is 72.9 Å². The van der Waals surface area contributed by atoms with E-state index < -0.39 is 5.97 Å². The van der Waals surface area contributed by atoms with E-state index in [2.05, 4.69) is 52.5 Å². The summed E-state index contributed by atoms with van der Waals surface area (Å²) in [5.41, 5.74) is 7.45. The minimum atomic E-state index is -0.818. The number of carboxylic acid groups (broad SMARTS) is 1. The number of amides is 1. The van der Waals surface area contributed by atoms with E-state index in [0.29, 0.717) is 6.42 Å². The van der Waals surface area contributed by atoms with E-state index in [1.165, 1.54) is 30.5 Å². The fourth-order valence-electron chi connectivity index (χ4n) is 5.63. The van der Waals surface area contributed by atoms with Gasteiger partial charge in [0.1, 0.15) is 0 Å². The highest BCUT2D eigenvalue weighted by Gasteiger charge is 2.24. The minimum Gasteiger partial charge on any atom is -0.481 e. The molecule has 1 aliphatic rings. The second kappa shape index (κ2) is 11.5. The predicted octanol–water partition coefficient (Wildman–Crippen LogP) is 5.93. The number of carbonyl (C=O) groups is 2. The number of hydrogen-bond donors (Lipinski definition) is 3. The lowest BCUT2D eigenvalue weighted by Crippen LogP contribution is -2.35. The number of aliphatic carboxylic acids is 1. The van der Waals surface area contributed by atoms with E-state index >= 15 is 0 Å². The molecule has 1 saturated heterocycles. The maximum absolute atomic E-state index is 13.5. The number of hydrogen-bond acceptors (Lipinski definition) is 3. The molecule has 5 rings (SSSR count). The van der Waals surface area contributed by atoms with Gasteiger partial charge >= 0.3 is 5.97 Å². The number of nitrogens with one attached hydrogen (secondary N) is 2. The molecule has 6 nitrogen and oxygen atoms in total. The highest BCUT2D eigenvalue weighted by Crippen LogP contribution is 2.35. The lowest BCUT2D eigenvalue weighted by molar-refractivity contribution is -0.137. The first-order valence-corrected chi connectivity index (χ1v) is 13.5. The summed E-state index contributed by atoms with van der Waals surface area (Å²) < 4.78 is 0. The SMILES string of the molecule is Cc1cccc(C(NC(=O)Cc2ccc3[nH]cc(CCC(=O)O)c3c2)c2ccccc2)c1N1CCCCC1. The molecule has 0 saturated carbocycles. The van der Waals surface area contributed by atoms with Crippen LogP contribution in [0.1, 0.15) is 59.5 Å². The van der Waals surface area contributed by atoms with Crippen molar-refractivity contribution < 1.29 is 14.7 Å². The number of carbonyl (C=O) groups excluding carboxylic acids is 1. The number of benzene rings is 3. The Morgan fingerprint density at radius 2 is 1.79 bits per heavy atom. The van der Waals surface area contributed by atoms with Crippen molar-refractivity contribution in [3.63, 3.8) is 0 Å². The molecule has 0 radical (unpaired) electrons. The molecule has 1 unspecified atom stereocenters. The van der Waals surface area contributed by atoms with Crippen LogP contribution in [0.2, 0.25) is 0 Å². The molecule has 3 N–H and O–H groups in total. The van der Waals surface area contributed by atoms with Gasteiger partial charge in [0.05, 0.1) is 12.5 Å². The smallest absolute Gasteiger partial charge is 0.303 e. The monoisotopic (exact) mass is 509 g/mol.